The fourth-order valence-electron chi connectivity index (χ4n) is 3.17. The Morgan fingerprint density at radius 1 is 1.22 bits per heavy atom. The van der Waals surface area contributed by atoms with Crippen molar-refractivity contribution in [3.05, 3.63) is 24.0 Å². The molecule has 7 heteroatoms. The molecule has 0 aliphatic heterocycles. The molecule has 2 aromatic rings. The Morgan fingerprint density at radius 2 is 1.91 bits per heavy atom. The van der Waals surface area contributed by atoms with Crippen molar-refractivity contribution in [3.63, 3.8) is 0 Å². The second kappa shape index (κ2) is 6.63. The van der Waals surface area contributed by atoms with E-state index in [1.807, 2.05) is 0 Å². The zero-order chi connectivity index (χ0) is 16.4. The van der Waals surface area contributed by atoms with Gasteiger partial charge in [0.15, 0.2) is 5.82 Å². The summed E-state index contributed by atoms with van der Waals surface area (Å²) in [6.45, 7) is 1.70. The van der Waals surface area contributed by atoms with Crippen molar-refractivity contribution in [2.45, 2.75) is 62.0 Å². The van der Waals surface area contributed by atoms with Gasteiger partial charge in [0.25, 0.3) is 0 Å². The Morgan fingerprint density at radius 3 is 2.57 bits per heavy atom. The van der Waals surface area contributed by atoms with Gasteiger partial charge in [-0.25, -0.2) is 4.98 Å². The van der Waals surface area contributed by atoms with Crippen molar-refractivity contribution in [1.82, 2.24) is 9.38 Å². The molecule has 0 spiro atoms. The summed E-state index contributed by atoms with van der Waals surface area (Å²) < 4.78 is 39.9. The first-order valence-corrected chi connectivity index (χ1v) is 8.74. The molecule has 1 saturated carbocycles. The topological polar surface area (TPSA) is 29.3 Å². The Kier molecular flexibility index (Phi) is 4.75. The van der Waals surface area contributed by atoms with Crippen LogP contribution in [0, 0.1) is 6.92 Å². The fourth-order valence-corrected chi connectivity index (χ4v) is 3.87. The monoisotopic (exact) mass is 343 g/mol. The predicted molar refractivity (Wildman–Crippen MR) is 87.0 cm³/mol. The highest BCUT2D eigenvalue weighted by Gasteiger charge is 2.32. The van der Waals surface area contributed by atoms with Crippen LogP contribution in [-0.4, -0.2) is 20.9 Å². The third-order valence-corrected chi connectivity index (χ3v) is 5.18. The number of thioether (sulfide) groups is 1. The Hall–Kier alpha value is -1.37. The molecule has 3 nitrogen and oxygen atoms in total. The van der Waals surface area contributed by atoms with Crippen molar-refractivity contribution in [1.29, 1.82) is 0 Å². The van der Waals surface area contributed by atoms with Crippen LogP contribution in [0.1, 0.15) is 44.1 Å². The fraction of sp³-hybridized carbons (Fsp3) is 0.562. The van der Waals surface area contributed by atoms with Crippen LogP contribution in [0.3, 0.4) is 0 Å². The van der Waals surface area contributed by atoms with Gasteiger partial charge in [-0.05, 0) is 31.4 Å². The molecule has 23 heavy (non-hydrogen) atoms. The number of alkyl halides is 3. The number of rotatable bonds is 3. The van der Waals surface area contributed by atoms with Crippen molar-refractivity contribution in [2.24, 2.45) is 0 Å². The van der Waals surface area contributed by atoms with E-state index >= 15 is 0 Å². The Bertz CT molecular complexity index is 673. The van der Waals surface area contributed by atoms with Gasteiger partial charge in [-0.2, -0.15) is 13.2 Å². The molecule has 0 saturated heterocycles. The molecule has 126 valence electrons. The van der Waals surface area contributed by atoms with Crippen molar-refractivity contribution < 1.29 is 13.2 Å². The first kappa shape index (κ1) is 16.5. The van der Waals surface area contributed by atoms with Crippen molar-refractivity contribution >= 4 is 23.1 Å². The molecular weight excluding hydrogens is 323 g/mol. The van der Waals surface area contributed by atoms with Crippen LogP contribution in [-0.2, 0) is 0 Å². The summed E-state index contributed by atoms with van der Waals surface area (Å²) in [4.78, 5) is 4.36. The molecule has 0 amide bonds. The van der Waals surface area contributed by atoms with Gasteiger partial charge in [0, 0.05) is 30.2 Å². The van der Waals surface area contributed by atoms with Crippen LogP contribution >= 0.6 is 11.8 Å². The average molecular weight is 343 g/mol. The van der Waals surface area contributed by atoms with Crippen LogP contribution < -0.4 is 5.32 Å². The van der Waals surface area contributed by atoms with Gasteiger partial charge in [0.1, 0.15) is 0 Å². The summed E-state index contributed by atoms with van der Waals surface area (Å²) in [5.74, 6) is 0.677. The number of nitrogens with zero attached hydrogens (tertiary/aromatic N) is 2. The quantitative estimate of drug-likeness (QED) is 0.598. The number of aromatic nitrogens is 2. The third kappa shape index (κ3) is 3.94. The smallest absolute Gasteiger partial charge is 0.366 e. The van der Waals surface area contributed by atoms with E-state index < -0.39 is 5.51 Å². The van der Waals surface area contributed by atoms with E-state index in [9.17, 15) is 13.2 Å². The highest BCUT2D eigenvalue weighted by molar-refractivity contribution is 8.00. The second-order valence-electron chi connectivity index (χ2n) is 6.04. The average Bonchev–Trinajstić information content (AvgIpc) is 2.66. The molecule has 2 heterocycles. The molecule has 1 aliphatic carbocycles. The molecule has 0 unspecified atom stereocenters. The van der Waals surface area contributed by atoms with E-state index in [2.05, 4.69) is 10.3 Å². The summed E-state index contributed by atoms with van der Waals surface area (Å²) in [6, 6.07) is 2.13. The molecule has 1 N–H and O–H groups in total. The third-order valence-electron chi connectivity index (χ3n) is 4.24. The van der Waals surface area contributed by atoms with E-state index in [1.165, 1.54) is 25.7 Å². The van der Waals surface area contributed by atoms with Gasteiger partial charge >= 0.3 is 5.51 Å². The highest BCUT2D eigenvalue weighted by Crippen LogP contribution is 2.40. The summed E-state index contributed by atoms with van der Waals surface area (Å²) in [5, 5.41) is 3.65. The maximum absolute atomic E-state index is 12.8. The molecule has 2 aromatic heterocycles. The van der Waals surface area contributed by atoms with Crippen LogP contribution in [0.5, 0.6) is 0 Å². The standard InChI is InChI=1S/C16H20F3N3S/c1-11-10-13-14(21-12-6-4-2-3-5-7-12)20-8-9-22(13)15(11)23-16(17,18)19/h8-10,12H,2-7H2,1H3,(H,20,21). The lowest BCUT2D eigenvalue weighted by Gasteiger charge is -2.17. The van der Waals surface area contributed by atoms with Gasteiger partial charge in [0.2, 0.25) is 0 Å². The molecule has 0 bridgehead atoms. The summed E-state index contributed by atoms with van der Waals surface area (Å²) >= 11 is -0.0710. The van der Waals surface area contributed by atoms with Crippen LogP contribution in [0.25, 0.3) is 5.52 Å². The van der Waals surface area contributed by atoms with Crippen LogP contribution in [0.2, 0.25) is 0 Å². The Balaban J connectivity index is 1.91. The number of hydrogen-bond acceptors (Lipinski definition) is 3. The van der Waals surface area contributed by atoms with Crippen molar-refractivity contribution in [3.8, 4) is 0 Å². The molecule has 1 aliphatic rings. The molecule has 1 fully saturated rings. The second-order valence-corrected chi connectivity index (χ2v) is 7.10. The number of hydrogen-bond donors (Lipinski definition) is 1. The van der Waals surface area contributed by atoms with Gasteiger partial charge in [-0.15, -0.1) is 0 Å². The zero-order valence-electron chi connectivity index (χ0n) is 13.0. The van der Waals surface area contributed by atoms with Gasteiger partial charge in [-0.3, -0.25) is 0 Å². The first-order chi connectivity index (χ1) is 10.9. The van der Waals surface area contributed by atoms with Gasteiger partial charge in [0.05, 0.1) is 10.5 Å². The minimum absolute atomic E-state index is 0.0710. The number of halogens is 3. The normalized spacial score (nSPS) is 17.4. The van der Waals surface area contributed by atoms with E-state index in [0.29, 0.717) is 22.9 Å². The number of aryl methyl sites for hydroxylation is 1. The van der Waals surface area contributed by atoms with E-state index in [1.54, 1.807) is 29.8 Å². The predicted octanol–water partition coefficient (Wildman–Crippen LogP) is 5.39. The van der Waals surface area contributed by atoms with Crippen molar-refractivity contribution in [2.75, 3.05) is 5.32 Å². The summed E-state index contributed by atoms with van der Waals surface area (Å²) in [6.07, 6.45) is 10.2. The highest BCUT2D eigenvalue weighted by atomic mass is 32.2. The van der Waals surface area contributed by atoms with Crippen LogP contribution in [0.4, 0.5) is 19.0 Å². The van der Waals surface area contributed by atoms with E-state index in [4.69, 9.17) is 0 Å². The molecule has 3 rings (SSSR count). The minimum Gasteiger partial charge on any atom is -0.366 e. The number of anilines is 1. The lowest BCUT2D eigenvalue weighted by molar-refractivity contribution is -0.0330. The van der Waals surface area contributed by atoms with Gasteiger partial charge in [-0.1, -0.05) is 25.7 Å². The molecule has 0 atom stereocenters. The summed E-state index contributed by atoms with van der Waals surface area (Å²) in [5.41, 5.74) is -2.97. The maximum Gasteiger partial charge on any atom is 0.447 e. The lowest BCUT2D eigenvalue weighted by Crippen LogP contribution is -2.19. The molecule has 0 aromatic carbocycles. The largest absolute Gasteiger partial charge is 0.447 e. The Labute approximate surface area is 137 Å². The van der Waals surface area contributed by atoms with E-state index in [0.717, 1.165) is 12.8 Å². The minimum atomic E-state index is -4.29. The molecule has 0 radical (unpaired) electrons. The zero-order valence-corrected chi connectivity index (χ0v) is 13.8. The SMILES string of the molecule is Cc1cc2c(NC3CCCCCC3)nccn2c1SC(F)(F)F. The summed E-state index contributed by atoms with van der Waals surface area (Å²) in [7, 11) is 0. The first-order valence-electron chi connectivity index (χ1n) is 7.93. The molecular formula is C16H20F3N3S. The van der Waals surface area contributed by atoms with Crippen LogP contribution in [0.15, 0.2) is 23.5 Å². The lowest BCUT2D eigenvalue weighted by atomic mass is 10.1. The maximum atomic E-state index is 12.8. The number of nitrogens with one attached hydrogen (secondary N) is 1. The van der Waals surface area contributed by atoms with Gasteiger partial charge < -0.3 is 9.72 Å². The van der Waals surface area contributed by atoms with E-state index in [-0.39, 0.29) is 16.8 Å². The number of fused-ring (bicyclic) bond motifs is 1.